The van der Waals surface area contributed by atoms with Crippen LogP contribution in [-0.4, -0.2) is 37.6 Å². The Balaban J connectivity index is 0. The molecule has 0 amide bonds. The minimum absolute atomic E-state index is 0. The van der Waals surface area contributed by atoms with E-state index in [1.54, 1.807) is 24.8 Å². The van der Waals surface area contributed by atoms with Crippen molar-refractivity contribution in [1.82, 2.24) is 9.97 Å². The van der Waals surface area contributed by atoms with Crippen molar-refractivity contribution in [3.8, 4) is 0 Å². The molecule has 0 fully saturated rings. The van der Waals surface area contributed by atoms with E-state index >= 15 is 0 Å². The number of carboxylic acids is 2. The molecule has 4 N–H and O–H groups in total. The third-order valence-electron chi connectivity index (χ3n) is 0.846. The average molecular weight is 214 g/mol. The third-order valence-corrected chi connectivity index (χ3v) is 0.846. The molecule has 0 aliphatic carbocycles. The van der Waals surface area contributed by atoms with Crippen LogP contribution in [0.5, 0.6) is 0 Å². The Bertz CT molecular complexity index is 269. The van der Waals surface area contributed by atoms with Crippen LogP contribution in [0.3, 0.4) is 0 Å². The summed E-state index contributed by atoms with van der Waals surface area (Å²) in [6.45, 7) is 0. The van der Waals surface area contributed by atoms with Crippen LogP contribution in [0, 0.1) is 0 Å². The Kier molecular flexibility index (Phi) is 9.94. The Morgan fingerprint density at radius 3 is 1.27 bits per heavy atom. The Labute approximate surface area is 85.0 Å². The van der Waals surface area contributed by atoms with Gasteiger partial charge in [-0.3, -0.25) is 9.97 Å². The smallest absolute Gasteiger partial charge is 0.328 e. The van der Waals surface area contributed by atoms with Crippen molar-refractivity contribution in [2.75, 3.05) is 0 Å². The molecule has 82 valence electrons. The SMILES string of the molecule is O.O=C(O)/C=C/C(=O)O.c1cnccn1. The highest BCUT2D eigenvalue weighted by molar-refractivity contribution is 5.89. The summed E-state index contributed by atoms with van der Waals surface area (Å²) < 4.78 is 0. The lowest BCUT2D eigenvalue weighted by Crippen LogP contribution is -1.91. The van der Waals surface area contributed by atoms with Crippen molar-refractivity contribution in [3.63, 3.8) is 0 Å². The molecule has 0 saturated heterocycles. The van der Waals surface area contributed by atoms with Gasteiger partial charge in [-0.15, -0.1) is 0 Å². The highest BCUT2D eigenvalue weighted by Crippen LogP contribution is 1.70. The second-order valence-corrected chi connectivity index (χ2v) is 1.90. The number of nitrogens with zero attached hydrogens (tertiary/aromatic N) is 2. The molecule has 0 aromatic carbocycles. The largest absolute Gasteiger partial charge is 0.478 e. The zero-order chi connectivity index (χ0) is 10.8. The maximum Gasteiger partial charge on any atom is 0.328 e. The fourth-order valence-electron chi connectivity index (χ4n) is 0.396. The molecule has 7 heteroatoms. The molecule has 0 atom stereocenters. The van der Waals surface area contributed by atoms with Gasteiger partial charge in [0.05, 0.1) is 0 Å². The lowest BCUT2D eigenvalue weighted by molar-refractivity contribution is -0.134. The molecular formula is C8H10N2O5. The molecule has 15 heavy (non-hydrogen) atoms. The molecule has 1 aromatic rings. The molecule has 0 saturated carbocycles. The van der Waals surface area contributed by atoms with Gasteiger partial charge in [0.2, 0.25) is 0 Å². The van der Waals surface area contributed by atoms with Gasteiger partial charge >= 0.3 is 11.9 Å². The van der Waals surface area contributed by atoms with Crippen LogP contribution in [0.2, 0.25) is 0 Å². The summed E-state index contributed by atoms with van der Waals surface area (Å²) in [6, 6.07) is 0. The van der Waals surface area contributed by atoms with E-state index in [0.29, 0.717) is 12.2 Å². The predicted molar refractivity (Wildman–Crippen MR) is 50.1 cm³/mol. The standard InChI is InChI=1S/C4H4N2.C4H4O4.H2O/c1-2-6-4-3-5-1;5-3(6)1-2-4(7)8;/h1-4H;1-2H,(H,5,6)(H,7,8);1H2/b;2-1+;. The van der Waals surface area contributed by atoms with Crippen LogP contribution in [-0.2, 0) is 9.59 Å². The molecule has 0 aliphatic heterocycles. The number of rotatable bonds is 2. The van der Waals surface area contributed by atoms with E-state index < -0.39 is 11.9 Å². The Morgan fingerprint density at radius 2 is 1.13 bits per heavy atom. The molecule has 1 rings (SSSR count). The van der Waals surface area contributed by atoms with E-state index in [1.807, 2.05) is 0 Å². The van der Waals surface area contributed by atoms with Gasteiger partial charge in [-0.1, -0.05) is 0 Å². The normalized spacial score (nSPS) is 8.27. The highest BCUT2D eigenvalue weighted by Gasteiger charge is 1.88. The van der Waals surface area contributed by atoms with Crippen LogP contribution < -0.4 is 0 Å². The van der Waals surface area contributed by atoms with E-state index in [0.717, 1.165) is 0 Å². The Hall–Kier alpha value is -2.28. The van der Waals surface area contributed by atoms with Gasteiger partial charge in [-0.2, -0.15) is 0 Å². The fourth-order valence-corrected chi connectivity index (χ4v) is 0.396. The van der Waals surface area contributed by atoms with Crippen molar-refractivity contribution in [2.45, 2.75) is 0 Å². The van der Waals surface area contributed by atoms with Gasteiger partial charge < -0.3 is 15.7 Å². The monoisotopic (exact) mass is 214 g/mol. The summed E-state index contributed by atoms with van der Waals surface area (Å²) in [5, 5.41) is 15.6. The Morgan fingerprint density at radius 1 is 0.867 bits per heavy atom. The van der Waals surface area contributed by atoms with Crippen molar-refractivity contribution in [3.05, 3.63) is 36.9 Å². The number of hydrogen-bond donors (Lipinski definition) is 2. The van der Waals surface area contributed by atoms with Crippen LogP contribution >= 0.6 is 0 Å². The number of aliphatic carboxylic acids is 2. The summed E-state index contributed by atoms with van der Waals surface area (Å²) in [5.41, 5.74) is 0. The molecule has 1 aromatic heterocycles. The second-order valence-electron chi connectivity index (χ2n) is 1.90. The molecule has 1 heterocycles. The average Bonchev–Trinajstić information content (AvgIpc) is 2.18. The minimum Gasteiger partial charge on any atom is -0.478 e. The van der Waals surface area contributed by atoms with E-state index in [1.165, 1.54) is 0 Å². The molecule has 7 nitrogen and oxygen atoms in total. The van der Waals surface area contributed by atoms with E-state index in [4.69, 9.17) is 10.2 Å². The molecule has 0 bridgehead atoms. The quantitative estimate of drug-likeness (QED) is 0.629. The first-order valence-electron chi connectivity index (χ1n) is 3.47. The van der Waals surface area contributed by atoms with E-state index in [2.05, 4.69) is 9.97 Å². The molecule has 0 radical (unpaired) electrons. The maximum absolute atomic E-state index is 9.55. The maximum atomic E-state index is 9.55. The van der Waals surface area contributed by atoms with E-state index in [-0.39, 0.29) is 5.48 Å². The van der Waals surface area contributed by atoms with Crippen LogP contribution in [0.25, 0.3) is 0 Å². The van der Waals surface area contributed by atoms with Gasteiger partial charge in [0.15, 0.2) is 0 Å². The molecule has 0 unspecified atom stereocenters. The number of hydrogen-bond acceptors (Lipinski definition) is 4. The zero-order valence-corrected chi connectivity index (χ0v) is 7.57. The molecule has 0 aliphatic rings. The predicted octanol–water partition coefficient (Wildman–Crippen LogP) is -0.636. The van der Waals surface area contributed by atoms with E-state index in [9.17, 15) is 9.59 Å². The van der Waals surface area contributed by atoms with Crippen molar-refractivity contribution in [2.24, 2.45) is 0 Å². The topological polar surface area (TPSA) is 132 Å². The summed E-state index contributed by atoms with van der Waals surface area (Å²) >= 11 is 0. The van der Waals surface area contributed by atoms with Gasteiger partial charge in [0.1, 0.15) is 0 Å². The number of aromatic nitrogens is 2. The zero-order valence-electron chi connectivity index (χ0n) is 7.57. The first-order valence-corrected chi connectivity index (χ1v) is 3.47. The van der Waals surface area contributed by atoms with Gasteiger partial charge in [-0.05, 0) is 0 Å². The third kappa shape index (κ3) is 14.6. The van der Waals surface area contributed by atoms with Crippen molar-refractivity contribution < 1.29 is 25.3 Å². The first-order chi connectivity index (χ1) is 6.63. The van der Waals surface area contributed by atoms with Crippen LogP contribution in [0.15, 0.2) is 36.9 Å². The fraction of sp³-hybridized carbons (Fsp3) is 0. The summed E-state index contributed by atoms with van der Waals surface area (Å²) in [5.74, 6) is -2.51. The summed E-state index contributed by atoms with van der Waals surface area (Å²) in [7, 11) is 0. The molecular weight excluding hydrogens is 204 g/mol. The molecule has 0 spiro atoms. The highest BCUT2D eigenvalue weighted by atomic mass is 16.4. The summed E-state index contributed by atoms with van der Waals surface area (Å²) in [6.07, 6.45) is 7.67. The summed E-state index contributed by atoms with van der Waals surface area (Å²) in [4.78, 5) is 26.6. The lowest BCUT2D eigenvalue weighted by atomic mass is 10.5. The second kappa shape index (κ2) is 9.81. The lowest BCUT2D eigenvalue weighted by Gasteiger charge is -1.74. The van der Waals surface area contributed by atoms with Gasteiger partial charge in [0, 0.05) is 36.9 Å². The van der Waals surface area contributed by atoms with Crippen molar-refractivity contribution in [1.29, 1.82) is 0 Å². The van der Waals surface area contributed by atoms with Crippen LogP contribution in [0.4, 0.5) is 0 Å². The number of carbonyl (C=O) groups is 2. The number of carboxylic acid groups (broad SMARTS) is 2. The van der Waals surface area contributed by atoms with Crippen LogP contribution in [0.1, 0.15) is 0 Å². The van der Waals surface area contributed by atoms with Crippen molar-refractivity contribution >= 4 is 11.9 Å². The minimum atomic E-state index is -1.26. The van der Waals surface area contributed by atoms with Gasteiger partial charge in [-0.25, -0.2) is 9.59 Å². The van der Waals surface area contributed by atoms with Gasteiger partial charge in [0.25, 0.3) is 0 Å². The first kappa shape index (κ1) is 15.2.